The van der Waals surface area contributed by atoms with Gasteiger partial charge in [0.05, 0.1) is 12.0 Å². The predicted octanol–water partition coefficient (Wildman–Crippen LogP) is 3.45. The van der Waals surface area contributed by atoms with Gasteiger partial charge in [0, 0.05) is 0 Å². The van der Waals surface area contributed by atoms with Crippen LogP contribution >= 0.6 is 23.2 Å². The summed E-state index contributed by atoms with van der Waals surface area (Å²) in [6.07, 6.45) is 0. The Morgan fingerprint density at radius 2 is 1.88 bits per heavy atom. The molecule has 0 saturated heterocycles. The van der Waals surface area contributed by atoms with E-state index in [1.54, 1.807) is 6.92 Å². The van der Waals surface area contributed by atoms with Crippen LogP contribution in [0.25, 0.3) is 0 Å². The van der Waals surface area contributed by atoms with Crippen LogP contribution in [0.3, 0.4) is 0 Å². The van der Waals surface area contributed by atoms with Gasteiger partial charge in [0.15, 0.2) is 5.38 Å². The maximum absolute atomic E-state index is 11.4. The Kier molecular flexibility index (Phi) is 5.10. The molecule has 0 aliphatic heterocycles. The molecule has 0 aliphatic rings. The van der Waals surface area contributed by atoms with Gasteiger partial charge in [0.2, 0.25) is 0 Å². The van der Waals surface area contributed by atoms with Crippen LogP contribution in [-0.2, 0) is 9.53 Å². The van der Waals surface area contributed by atoms with Gasteiger partial charge in [-0.05, 0) is 19.4 Å². The van der Waals surface area contributed by atoms with E-state index in [0.717, 1.165) is 11.1 Å². The highest BCUT2D eigenvalue weighted by Crippen LogP contribution is 2.29. The second-order valence-electron chi connectivity index (χ2n) is 3.47. The highest BCUT2D eigenvalue weighted by atomic mass is 35.5. The summed E-state index contributed by atoms with van der Waals surface area (Å²) in [5.41, 5.74) is 1.95. The van der Waals surface area contributed by atoms with Crippen LogP contribution in [0.15, 0.2) is 24.3 Å². The van der Waals surface area contributed by atoms with Crippen molar-refractivity contribution in [1.82, 2.24) is 0 Å². The zero-order valence-electron chi connectivity index (χ0n) is 9.24. The van der Waals surface area contributed by atoms with Crippen molar-refractivity contribution >= 4 is 29.2 Å². The summed E-state index contributed by atoms with van der Waals surface area (Å²) >= 11 is 12.0. The molecule has 1 aromatic carbocycles. The van der Waals surface area contributed by atoms with E-state index < -0.39 is 16.7 Å². The Labute approximate surface area is 106 Å². The molecule has 88 valence electrons. The summed E-state index contributed by atoms with van der Waals surface area (Å²) in [5, 5.41) is -1.43. The molecule has 0 fully saturated rings. The molecule has 0 spiro atoms. The Hall–Kier alpha value is -0.730. The fourth-order valence-corrected chi connectivity index (χ4v) is 1.72. The number of carbonyl (C=O) groups is 1. The van der Waals surface area contributed by atoms with Crippen molar-refractivity contribution in [1.29, 1.82) is 0 Å². The van der Waals surface area contributed by atoms with Crippen molar-refractivity contribution in [2.45, 2.75) is 24.6 Å². The molecule has 0 amide bonds. The number of carbonyl (C=O) groups excluding carboxylic acids is 1. The first-order valence-electron chi connectivity index (χ1n) is 5.07. The minimum Gasteiger partial charge on any atom is -0.465 e. The van der Waals surface area contributed by atoms with Gasteiger partial charge in [0.25, 0.3) is 0 Å². The molecule has 0 bridgehead atoms. The lowest BCUT2D eigenvalue weighted by atomic mass is 10.1. The standard InChI is InChI=1S/C12H14Cl2O2/c1-3-16-12(15)11(14)10(13)9-6-4-8(2)5-7-9/h4-7,10-11H,3H2,1-2H3/t10-,11-/m1/s1. The van der Waals surface area contributed by atoms with Crippen LogP contribution in [-0.4, -0.2) is 18.0 Å². The minimum absolute atomic E-state index is 0.305. The van der Waals surface area contributed by atoms with Gasteiger partial charge in [-0.25, -0.2) is 0 Å². The van der Waals surface area contributed by atoms with Gasteiger partial charge in [-0.15, -0.1) is 23.2 Å². The average molecular weight is 261 g/mol. The Balaban J connectivity index is 2.73. The number of halogens is 2. The summed E-state index contributed by atoms with van der Waals surface area (Å²) < 4.78 is 4.81. The molecule has 16 heavy (non-hydrogen) atoms. The lowest BCUT2D eigenvalue weighted by Gasteiger charge is -2.15. The highest BCUT2D eigenvalue weighted by Gasteiger charge is 2.26. The summed E-state index contributed by atoms with van der Waals surface area (Å²) in [6, 6.07) is 7.59. The molecule has 0 aromatic heterocycles. The molecule has 4 heteroatoms. The highest BCUT2D eigenvalue weighted by molar-refractivity contribution is 6.36. The van der Waals surface area contributed by atoms with E-state index in [1.807, 2.05) is 31.2 Å². The molecule has 0 aliphatic carbocycles. The van der Waals surface area contributed by atoms with Gasteiger partial charge in [0.1, 0.15) is 0 Å². The van der Waals surface area contributed by atoms with Gasteiger partial charge < -0.3 is 4.74 Å². The average Bonchev–Trinajstić information content (AvgIpc) is 2.28. The van der Waals surface area contributed by atoms with E-state index in [4.69, 9.17) is 27.9 Å². The van der Waals surface area contributed by atoms with E-state index in [9.17, 15) is 4.79 Å². The molecule has 0 saturated carbocycles. The van der Waals surface area contributed by atoms with Crippen molar-refractivity contribution in [3.8, 4) is 0 Å². The van der Waals surface area contributed by atoms with Crippen LogP contribution in [0, 0.1) is 6.92 Å². The van der Waals surface area contributed by atoms with E-state index in [1.165, 1.54) is 0 Å². The van der Waals surface area contributed by atoms with Crippen LogP contribution < -0.4 is 0 Å². The lowest BCUT2D eigenvalue weighted by molar-refractivity contribution is -0.142. The summed E-state index contributed by atoms with van der Waals surface area (Å²) in [7, 11) is 0. The fraction of sp³-hybridized carbons (Fsp3) is 0.417. The van der Waals surface area contributed by atoms with E-state index in [2.05, 4.69) is 0 Å². The van der Waals surface area contributed by atoms with Crippen molar-refractivity contribution in [2.75, 3.05) is 6.61 Å². The topological polar surface area (TPSA) is 26.3 Å². The lowest BCUT2D eigenvalue weighted by Crippen LogP contribution is -2.22. The largest absolute Gasteiger partial charge is 0.465 e. The Morgan fingerprint density at radius 3 is 2.38 bits per heavy atom. The molecule has 0 heterocycles. The number of aryl methyl sites for hydroxylation is 1. The number of hydrogen-bond acceptors (Lipinski definition) is 2. The number of benzene rings is 1. The monoisotopic (exact) mass is 260 g/mol. The first-order chi connectivity index (χ1) is 7.56. The minimum atomic E-state index is -0.857. The zero-order valence-corrected chi connectivity index (χ0v) is 10.8. The number of rotatable bonds is 4. The van der Waals surface area contributed by atoms with Crippen molar-refractivity contribution in [3.05, 3.63) is 35.4 Å². The van der Waals surface area contributed by atoms with Gasteiger partial charge in [-0.1, -0.05) is 29.8 Å². The van der Waals surface area contributed by atoms with Crippen LogP contribution in [0.5, 0.6) is 0 Å². The maximum Gasteiger partial charge on any atom is 0.325 e. The molecule has 1 aromatic rings. The van der Waals surface area contributed by atoms with E-state index in [-0.39, 0.29) is 0 Å². The molecule has 1 rings (SSSR count). The molecule has 0 unspecified atom stereocenters. The summed E-state index contributed by atoms with van der Waals surface area (Å²) in [4.78, 5) is 11.4. The third-order valence-corrected chi connectivity index (χ3v) is 3.23. The summed E-state index contributed by atoms with van der Waals surface area (Å²) in [5.74, 6) is -0.482. The SMILES string of the molecule is CCOC(=O)[C@H](Cl)[C@H](Cl)c1ccc(C)cc1. The Bertz CT molecular complexity index is 349. The van der Waals surface area contributed by atoms with Gasteiger partial charge >= 0.3 is 5.97 Å². The third-order valence-electron chi connectivity index (χ3n) is 2.16. The molecular formula is C12H14Cl2O2. The third kappa shape index (κ3) is 3.39. The van der Waals surface area contributed by atoms with Crippen molar-refractivity contribution < 1.29 is 9.53 Å². The molecule has 2 nitrogen and oxygen atoms in total. The van der Waals surface area contributed by atoms with Crippen LogP contribution in [0.1, 0.15) is 23.4 Å². The van der Waals surface area contributed by atoms with Crippen LogP contribution in [0.2, 0.25) is 0 Å². The zero-order chi connectivity index (χ0) is 12.1. The molecule has 0 radical (unpaired) electrons. The van der Waals surface area contributed by atoms with E-state index in [0.29, 0.717) is 6.61 Å². The first kappa shape index (κ1) is 13.3. The van der Waals surface area contributed by atoms with Gasteiger partial charge in [-0.3, -0.25) is 4.79 Å². The van der Waals surface area contributed by atoms with Crippen molar-refractivity contribution in [2.24, 2.45) is 0 Å². The molecule has 0 N–H and O–H groups in total. The predicted molar refractivity (Wildman–Crippen MR) is 66.0 cm³/mol. The molecule has 2 atom stereocenters. The first-order valence-corrected chi connectivity index (χ1v) is 5.95. The number of esters is 1. The summed E-state index contributed by atoms with van der Waals surface area (Å²) in [6.45, 7) is 4.02. The second-order valence-corrected chi connectivity index (χ2v) is 4.41. The molecular weight excluding hydrogens is 247 g/mol. The smallest absolute Gasteiger partial charge is 0.325 e. The maximum atomic E-state index is 11.4. The van der Waals surface area contributed by atoms with Crippen molar-refractivity contribution in [3.63, 3.8) is 0 Å². The number of ether oxygens (including phenoxy) is 1. The van der Waals surface area contributed by atoms with Gasteiger partial charge in [-0.2, -0.15) is 0 Å². The number of hydrogen-bond donors (Lipinski definition) is 0. The van der Waals surface area contributed by atoms with E-state index >= 15 is 0 Å². The van der Waals surface area contributed by atoms with Crippen LogP contribution in [0.4, 0.5) is 0 Å². The quantitative estimate of drug-likeness (QED) is 0.613. The Morgan fingerprint density at radius 1 is 1.31 bits per heavy atom. The fourth-order valence-electron chi connectivity index (χ4n) is 1.26. The normalized spacial score (nSPS) is 14.2. The number of alkyl halides is 2. The second kappa shape index (κ2) is 6.12.